The van der Waals surface area contributed by atoms with Gasteiger partial charge in [0.2, 0.25) is 5.91 Å². The molecule has 0 fully saturated rings. The van der Waals surface area contributed by atoms with Gasteiger partial charge in [0, 0.05) is 18.7 Å². The van der Waals surface area contributed by atoms with Crippen molar-refractivity contribution in [3.63, 3.8) is 0 Å². The molecule has 0 radical (unpaired) electrons. The van der Waals surface area contributed by atoms with E-state index in [4.69, 9.17) is 9.47 Å². The Morgan fingerprint density at radius 3 is 2.26 bits per heavy atom. The zero-order valence-electron chi connectivity index (χ0n) is 14.8. The van der Waals surface area contributed by atoms with Gasteiger partial charge in [-0.3, -0.25) is 4.79 Å². The van der Waals surface area contributed by atoms with Crippen LogP contribution in [0.15, 0.2) is 78.9 Å². The number of carbonyl (C=O) groups is 2. The normalized spacial score (nSPS) is 10.1. The maximum Gasteiger partial charge on any atom is 0.343 e. The van der Waals surface area contributed by atoms with Crippen LogP contribution in [-0.4, -0.2) is 11.9 Å². The molecule has 3 aromatic carbocycles. The Labute approximate surface area is 157 Å². The van der Waals surface area contributed by atoms with E-state index in [9.17, 15) is 9.59 Å². The summed E-state index contributed by atoms with van der Waals surface area (Å²) in [6, 6.07) is 23.3. The third-order valence-corrected chi connectivity index (χ3v) is 3.70. The monoisotopic (exact) mass is 361 g/mol. The summed E-state index contributed by atoms with van der Waals surface area (Å²) in [5.41, 5.74) is 1.95. The lowest BCUT2D eigenvalue weighted by Gasteiger charge is -2.08. The number of ether oxygens (including phenoxy) is 2. The molecule has 1 amide bonds. The van der Waals surface area contributed by atoms with E-state index in [0.717, 1.165) is 11.3 Å². The van der Waals surface area contributed by atoms with E-state index in [0.29, 0.717) is 23.6 Å². The number of esters is 1. The summed E-state index contributed by atoms with van der Waals surface area (Å²) in [7, 11) is 0. The Bertz CT molecular complexity index is 921. The van der Waals surface area contributed by atoms with Gasteiger partial charge in [-0.05, 0) is 42.0 Å². The van der Waals surface area contributed by atoms with Crippen LogP contribution in [0.3, 0.4) is 0 Å². The molecule has 3 rings (SSSR count). The molecule has 27 heavy (non-hydrogen) atoms. The highest BCUT2D eigenvalue weighted by molar-refractivity contribution is 5.92. The van der Waals surface area contributed by atoms with Crippen molar-refractivity contribution < 1.29 is 19.1 Å². The van der Waals surface area contributed by atoms with Crippen molar-refractivity contribution in [2.45, 2.75) is 13.5 Å². The summed E-state index contributed by atoms with van der Waals surface area (Å²) < 4.78 is 11.1. The molecule has 0 heterocycles. The molecule has 5 heteroatoms. The second kappa shape index (κ2) is 8.67. The highest BCUT2D eigenvalue weighted by Crippen LogP contribution is 2.19. The quantitative estimate of drug-likeness (QED) is 0.521. The first-order valence-electron chi connectivity index (χ1n) is 8.47. The van der Waals surface area contributed by atoms with E-state index in [-0.39, 0.29) is 5.91 Å². The number of hydrogen-bond donors (Lipinski definition) is 1. The number of benzene rings is 3. The predicted octanol–water partition coefficient (Wildman–Crippen LogP) is 4.44. The number of amides is 1. The van der Waals surface area contributed by atoms with Gasteiger partial charge in [0.15, 0.2) is 0 Å². The molecule has 0 spiro atoms. The van der Waals surface area contributed by atoms with Gasteiger partial charge in [-0.2, -0.15) is 0 Å². The van der Waals surface area contributed by atoms with Crippen LogP contribution in [0.4, 0.5) is 5.69 Å². The lowest BCUT2D eigenvalue weighted by Crippen LogP contribution is -2.10. The third kappa shape index (κ3) is 5.44. The number of anilines is 1. The van der Waals surface area contributed by atoms with Crippen molar-refractivity contribution in [3.05, 3.63) is 90.0 Å². The largest absolute Gasteiger partial charge is 0.489 e. The molecule has 0 aliphatic heterocycles. The highest BCUT2D eigenvalue weighted by Gasteiger charge is 2.09. The topological polar surface area (TPSA) is 64.6 Å². The van der Waals surface area contributed by atoms with E-state index in [1.165, 1.54) is 6.92 Å². The Morgan fingerprint density at radius 1 is 0.852 bits per heavy atom. The van der Waals surface area contributed by atoms with Gasteiger partial charge in [0.1, 0.15) is 18.1 Å². The van der Waals surface area contributed by atoms with E-state index in [1.807, 2.05) is 42.5 Å². The minimum absolute atomic E-state index is 0.188. The van der Waals surface area contributed by atoms with Gasteiger partial charge in [-0.15, -0.1) is 0 Å². The van der Waals surface area contributed by atoms with Crippen LogP contribution in [0.1, 0.15) is 22.8 Å². The first-order valence-corrected chi connectivity index (χ1v) is 8.47. The lowest BCUT2D eigenvalue weighted by molar-refractivity contribution is -0.114. The van der Waals surface area contributed by atoms with E-state index >= 15 is 0 Å². The molecule has 136 valence electrons. The summed E-state index contributed by atoms with van der Waals surface area (Å²) >= 11 is 0. The number of hydrogen-bond acceptors (Lipinski definition) is 4. The summed E-state index contributed by atoms with van der Waals surface area (Å²) in [4.78, 5) is 23.4. The fourth-order valence-electron chi connectivity index (χ4n) is 2.43. The molecular weight excluding hydrogens is 342 g/mol. The Hall–Kier alpha value is -3.60. The number of nitrogens with one attached hydrogen (secondary N) is 1. The minimum Gasteiger partial charge on any atom is -0.489 e. The smallest absolute Gasteiger partial charge is 0.343 e. The molecule has 0 aliphatic carbocycles. The van der Waals surface area contributed by atoms with E-state index in [2.05, 4.69) is 5.32 Å². The first kappa shape index (κ1) is 18.2. The van der Waals surface area contributed by atoms with Crippen LogP contribution >= 0.6 is 0 Å². The van der Waals surface area contributed by atoms with Gasteiger partial charge in [0.05, 0.1) is 5.56 Å². The first-order chi connectivity index (χ1) is 13.1. The van der Waals surface area contributed by atoms with Crippen LogP contribution < -0.4 is 14.8 Å². The summed E-state index contributed by atoms with van der Waals surface area (Å²) in [5.74, 6) is 0.500. The van der Waals surface area contributed by atoms with Crippen molar-refractivity contribution in [2.24, 2.45) is 0 Å². The van der Waals surface area contributed by atoms with Crippen LogP contribution in [-0.2, 0) is 11.4 Å². The fraction of sp³-hybridized carbons (Fsp3) is 0.0909. The molecule has 3 aromatic rings. The van der Waals surface area contributed by atoms with Crippen LogP contribution in [0.5, 0.6) is 11.5 Å². The second-order valence-electron chi connectivity index (χ2n) is 5.90. The maximum absolute atomic E-state index is 12.3. The van der Waals surface area contributed by atoms with E-state index in [1.54, 1.807) is 36.4 Å². The SMILES string of the molecule is CC(=O)Nc1cccc(OC(=O)c2ccc(COc3ccccc3)cc2)c1. The maximum atomic E-state index is 12.3. The zero-order chi connectivity index (χ0) is 19.1. The van der Waals surface area contributed by atoms with Crippen molar-refractivity contribution in [2.75, 3.05) is 5.32 Å². The Balaban J connectivity index is 1.59. The zero-order valence-corrected chi connectivity index (χ0v) is 14.8. The van der Waals surface area contributed by atoms with Crippen molar-refractivity contribution in [1.29, 1.82) is 0 Å². The molecule has 0 bridgehead atoms. The summed E-state index contributed by atoms with van der Waals surface area (Å²) in [6.45, 7) is 1.83. The van der Waals surface area contributed by atoms with Gasteiger partial charge in [-0.1, -0.05) is 36.4 Å². The lowest BCUT2D eigenvalue weighted by atomic mass is 10.1. The standard InChI is InChI=1S/C22H19NO4/c1-16(24)23-19-6-5-9-21(14-19)27-22(25)18-12-10-17(11-13-18)15-26-20-7-3-2-4-8-20/h2-14H,15H2,1H3,(H,23,24). The van der Waals surface area contributed by atoms with Crippen LogP contribution in [0.25, 0.3) is 0 Å². The number of carbonyl (C=O) groups excluding carboxylic acids is 2. The highest BCUT2D eigenvalue weighted by atomic mass is 16.5. The molecule has 0 aromatic heterocycles. The van der Waals surface area contributed by atoms with Crippen LogP contribution in [0.2, 0.25) is 0 Å². The van der Waals surface area contributed by atoms with Crippen LogP contribution in [0, 0.1) is 0 Å². The van der Waals surface area contributed by atoms with Gasteiger partial charge >= 0.3 is 5.97 Å². The average Bonchev–Trinajstić information content (AvgIpc) is 2.67. The van der Waals surface area contributed by atoms with Crippen molar-refractivity contribution in [3.8, 4) is 11.5 Å². The van der Waals surface area contributed by atoms with E-state index < -0.39 is 5.97 Å². The fourth-order valence-corrected chi connectivity index (χ4v) is 2.43. The summed E-state index contributed by atoms with van der Waals surface area (Å²) in [6.07, 6.45) is 0. The van der Waals surface area contributed by atoms with Gasteiger partial charge in [0.25, 0.3) is 0 Å². The molecule has 0 unspecified atom stereocenters. The second-order valence-corrected chi connectivity index (χ2v) is 5.90. The Kier molecular flexibility index (Phi) is 5.84. The molecule has 0 saturated heterocycles. The molecular formula is C22H19NO4. The molecule has 1 N–H and O–H groups in total. The number of para-hydroxylation sites is 1. The van der Waals surface area contributed by atoms with Crippen molar-refractivity contribution in [1.82, 2.24) is 0 Å². The van der Waals surface area contributed by atoms with Crippen molar-refractivity contribution >= 4 is 17.6 Å². The summed E-state index contributed by atoms with van der Waals surface area (Å²) in [5, 5.41) is 2.65. The average molecular weight is 361 g/mol. The molecule has 5 nitrogen and oxygen atoms in total. The molecule has 0 saturated carbocycles. The Morgan fingerprint density at radius 2 is 1.56 bits per heavy atom. The predicted molar refractivity (Wildman–Crippen MR) is 103 cm³/mol. The van der Waals surface area contributed by atoms with Gasteiger partial charge in [-0.25, -0.2) is 4.79 Å². The third-order valence-electron chi connectivity index (χ3n) is 3.70. The molecule has 0 atom stereocenters. The molecule has 0 aliphatic rings. The minimum atomic E-state index is -0.467. The van der Waals surface area contributed by atoms with Gasteiger partial charge < -0.3 is 14.8 Å². The number of rotatable bonds is 6.